The highest BCUT2D eigenvalue weighted by atomic mass is 79.9. The lowest BCUT2D eigenvalue weighted by atomic mass is 9.91. The number of hydrogen-bond acceptors (Lipinski definition) is 5. The van der Waals surface area contributed by atoms with E-state index >= 15 is 0 Å². The molecular weight excluding hydrogens is 383 g/mol. The molecule has 0 radical (unpaired) electrons. The van der Waals surface area contributed by atoms with Crippen LogP contribution in [0.25, 0.3) is 0 Å². The number of hydrogen-bond donors (Lipinski definition) is 2. The molecule has 0 spiro atoms. The maximum absolute atomic E-state index is 10.6. The molecule has 2 aliphatic rings. The van der Waals surface area contributed by atoms with Gasteiger partial charge in [-0.15, -0.1) is 0 Å². The zero-order valence-corrected chi connectivity index (χ0v) is 13.7. The van der Waals surface area contributed by atoms with Gasteiger partial charge in [0.2, 0.25) is 0 Å². The van der Waals surface area contributed by atoms with Crippen LogP contribution in [-0.4, -0.2) is 55.0 Å². The van der Waals surface area contributed by atoms with E-state index < -0.39 is 12.1 Å². The Kier molecular flexibility index (Phi) is 5.35. The van der Waals surface area contributed by atoms with Gasteiger partial charge in [-0.05, 0) is 15.9 Å². The Morgan fingerprint density at radius 3 is 2.70 bits per heavy atom. The van der Waals surface area contributed by atoms with Gasteiger partial charge in [-0.2, -0.15) is 13.2 Å². The molecule has 0 saturated carbocycles. The molecule has 128 valence electrons. The number of rotatable bonds is 2. The molecule has 0 unspecified atom stereocenters. The van der Waals surface area contributed by atoms with Crippen LogP contribution in [0.1, 0.15) is 0 Å². The quantitative estimate of drug-likeness (QED) is 0.742. The summed E-state index contributed by atoms with van der Waals surface area (Å²) in [5, 5.41) is 10.5. The summed E-state index contributed by atoms with van der Waals surface area (Å²) in [6.45, 7) is 3.37. The number of carboxylic acid groups (broad SMARTS) is 1. The lowest BCUT2D eigenvalue weighted by molar-refractivity contribution is -0.192. The Morgan fingerprint density at radius 2 is 2.17 bits per heavy atom. The van der Waals surface area contributed by atoms with E-state index in [9.17, 15) is 13.2 Å². The number of pyridine rings is 1. The minimum Gasteiger partial charge on any atom is -0.494 e. The number of carboxylic acids is 1. The highest BCUT2D eigenvalue weighted by Gasteiger charge is 2.42. The number of anilines is 1. The monoisotopic (exact) mass is 397 g/mol. The molecule has 2 atom stereocenters. The Balaban J connectivity index is 0.000000236. The Hall–Kier alpha value is -1.55. The summed E-state index contributed by atoms with van der Waals surface area (Å²) < 4.78 is 37.8. The first-order valence-electron chi connectivity index (χ1n) is 6.71. The van der Waals surface area contributed by atoms with Crippen molar-refractivity contribution in [2.45, 2.75) is 12.2 Å². The molecule has 1 aromatic heterocycles. The molecule has 0 aromatic carbocycles. The summed E-state index contributed by atoms with van der Waals surface area (Å²) >= 11 is 3.37. The van der Waals surface area contributed by atoms with Crippen molar-refractivity contribution in [3.63, 3.8) is 0 Å². The van der Waals surface area contributed by atoms with Crippen LogP contribution in [0.4, 0.5) is 18.9 Å². The SMILES string of the molecule is COc1cc(N2C[C@H]3CNC[C@H]32)cnc1Br.O=C(O)C(F)(F)F. The zero-order valence-electron chi connectivity index (χ0n) is 12.1. The third-order valence-corrected chi connectivity index (χ3v) is 4.32. The average molecular weight is 398 g/mol. The van der Waals surface area contributed by atoms with Crippen molar-refractivity contribution >= 4 is 27.6 Å². The van der Waals surface area contributed by atoms with Gasteiger partial charge in [0.05, 0.1) is 19.0 Å². The van der Waals surface area contributed by atoms with Crippen LogP contribution in [0.3, 0.4) is 0 Å². The van der Waals surface area contributed by atoms with Gasteiger partial charge in [0.15, 0.2) is 5.75 Å². The number of aliphatic carboxylic acids is 1. The molecule has 0 bridgehead atoms. The van der Waals surface area contributed by atoms with E-state index in [0.29, 0.717) is 6.04 Å². The number of nitrogens with one attached hydrogen (secondary N) is 1. The minimum absolute atomic E-state index is 0.646. The van der Waals surface area contributed by atoms with Gasteiger partial charge in [-0.3, -0.25) is 0 Å². The predicted molar refractivity (Wildman–Crippen MR) is 79.7 cm³/mol. The topological polar surface area (TPSA) is 74.7 Å². The number of nitrogens with zero attached hydrogens (tertiary/aromatic N) is 2. The normalized spacial score (nSPS) is 22.6. The van der Waals surface area contributed by atoms with Gasteiger partial charge >= 0.3 is 12.1 Å². The van der Waals surface area contributed by atoms with Crippen LogP contribution in [0.5, 0.6) is 5.75 Å². The molecule has 2 aliphatic heterocycles. The number of alkyl halides is 3. The molecule has 2 N–H and O–H groups in total. The van der Waals surface area contributed by atoms with Crippen LogP contribution in [0.15, 0.2) is 16.9 Å². The summed E-state index contributed by atoms with van der Waals surface area (Å²) in [7, 11) is 1.67. The first-order chi connectivity index (χ1) is 10.7. The third kappa shape index (κ3) is 4.05. The van der Waals surface area contributed by atoms with E-state index in [1.165, 1.54) is 0 Å². The fourth-order valence-electron chi connectivity index (χ4n) is 2.53. The fraction of sp³-hybridized carbons (Fsp3) is 0.538. The summed E-state index contributed by atoms with van der Waals surface area (Å²) in [6.07, 6.45) is -3.18. The Labute approximate surface area is 138 Å². The average Bonchev–Trinajstić information content (AvgIpc) is 2.81. The van der Waals surface area contributed by atoms with Crippen molar-refractivity contribution in [2.24, 2.45) is 5.92 Å². The maximum Gasteiger partial charge on any atom is 0.490 e. The lowest BCUT2D eigenvalue weighted by Crippen LogP contribution is -2.55. The molecule has 6 nitrogen and oxygen atoms in total. The van der Waals surface area contributed by atoms with Crippen LogP contribution in [0.2, 0.25) is 0 Å². The van der Waals surface area contributed by atoms with Gasteiger partial charge in [0.1, 0.15) is 4.60 Å². The van der Waals surface area contributed by atoms with Crippen LogP contribution >= 0.6 is 15.9 Å². The van der Waals surface area contributed by atoms with Crippen LogP contribution in [0, 0.1) is 5.92 Å². The van der Waals surface area contributed by atoms with E-state index in [0.717, 1.165) is 41.6 Å². The summed E-state index contributed by atoms with van der Waals surface area (Å²) in [5.41, 5.74) is 1.16. The smallest absolute Gasteiger partial charge is 0.490 e. The van der Waals surface area contributed by atoms with E-state index in [1.807, 2.05) is 12.3 Å². The van der Waals surface area contributed by atoms with Crippen molar-refractivity contribution in [3.8, 4) is 5.75 Å². The summed E-state index contributed by atoms with van der Waals surface area (Å²) in [4.78, 5) is 15.6. The largest absolute Gasteiger partial charge is 0.494 e. The number of carbonyl (C=O) groups is 1. The highest BCUT2D eigenvalue weighted by Crippen LogP contribution is 2.35. The lowest BCUT2D eigenvalue weighted by Gasteiger charge is -2.45. The van der Waals surface area contributed by atoms with Crippen molar-refractivity contribution < 1.29 is 27.8 Å². The van der Waals surface area contributed by atoms with E-state index in [4.69, 9.17) is 14.6 Å². The Morgan fingerprint density at radius 1 is 1.52 bits per heavy atom. The minimum atomic E-state index is -5.08. The van der Waals surface area contributed by atoms with Gasteiger partial charge < -0.3 is 20.1 Å². The van der Waals surface area contributed by atoms with E-state index in [2.05, 4.69) is 31.1 Å². The zero-order chi connectivity index (χ0) is 17.2. The molecule has 23 heavy (non-hydrogen) atoms. The van der Waals surface area contributed by atoms with Gasteiger partial charge in [-0.25, -0.2) is 9.78 Å². The van der Waals surface area contributed by atoms with Crippen molar-refractivity contribution in [1.82, 2.24) is 10.3 Å². The molecule has 2 fully saturated rings. The molecule has 2 saturated heterocycles. The van der Waals surface area contributed by atoms with Crippen molar-refractivity contribution in [3.05, 3.63) is 16.9 Å². The maximum atomic E-state index is 10.6. The standard InChI is InChI=1S/C11H14BrN3O.C2HF3O2/c1-16-10-2-8(4-14-11(10)12)15-6-7-3-13-5-9(7)15;3-2(4,5)1(6)7/h2,4,7,9,13H,3,5-6H2,1H3;(H,6,7)/t7-,9-;/m1./s1. The number of methoxy groups -OCH3 is 1. The molecule has 3 rings (SSSR count). The first-order valence-corrected chi connectivity index (χ1v) is 7.50. The number of aromatic nitrogens is 1. The molecule has 10 heteroatoms. The predicted octanol–water partition coefficient (Wildman–Crippen LogP) is 1.89. The number of fused-ring (bicyclic) bond motifs is 1. The Bertz CT molecular complexity index is 585. The molecule has 1 aromatic rings. The van der Waals surface area contributed by atoms with Crippen LogP contribution < -0.4 is 15.0 Å². The number of halogens is 4. The van der Waals surface area contributed by atoms with Crippen molar-refractivity contribution in [2.75, 3.05) is 31.6 Å². The van der Waals surface area contributed by atoms with Gasteiger partial charge in [0.25, 0.3) is 0 Å². The fourth-order valence-corrected chi connectivity index (χ4v) is 2.91. The molecule has 0 aliphatic carbocycles. The molecular formula is C13H15BrF3N3O3. The van der Waals surface area contributed by atoms with E-state index in [1.54, 1.807) is 7.11 Å². The van der Waals surface area contributed by atoms with Crippen LogP contribution in [-0.2, 0) is 4.79 Å². The molecule has 3 heterocycles. The second-order valence-corrected chi connectivity index (χ2v) is 5.88. The highest BCUT2D eigenvalue weighted by molar-refractivity contribution is 9.10. The summed E-state index contributed by atoms with van der Waals surface area (Å²) in [6, 6.07) is 2.69. The number of ether oxygens (including phenoxy) is 1. The molecule has 0 amide bonds. The van der Waals surface area contributed by atoms with Gasteiger partial charge in [0, 0.05) is 37.7 Å². The van der Waals surface area contributed by atoms with E-state index in [-0.39, 0.29) is 0 Å². The third-order valence-electron chi connectivity index (χ3n) is 3.72. The summed E-state index contributed by atoms with van der Waals surface area (Å²) in [5.74, 6) is -1.14. The van der Waals surface area contributed by atoms with Crippen molar-refractivity contribution in [1.29, 1.82) is 0 Å². The van der Waals surface area contributed by atoms with Gasteiger partial charge in [-0.1, -0.05) is 0 Å². The second-order valence-electron chi connectivity index (χ2n) is 5.13. The first kappa shape index (κ1) is 17.8. The second kappa shape index (κ2) is 6.91.